The molecule has 0 amide bonds. The molecule has 1 aliphatic rings. The predicted octanol–water partition coefficient (Wildman–Crippen LogP) is 2.04. The molecule has 1 aliphatic heterocycles. The van der Waals surface area contributed by atoms with Gasteiger partial charge in [0.15, 0.2) is 0 Å². The fourth-order valence-corrected chi connectivity index (χ4v) is 2.54. The molecule has 0 radical (unpaired) electrons. The molecule has 1 aromatic heterocycles. The normalized spacial score (nSPS) is 20.5. The SMILES string of the molecule is N#CCCCCN1CCC[C@H]1Cn1cccn1. The third kappa shape index (κ3) is 3.57. The predicted molar refractivity (Wildman–Crippen MR) is 66.3 cm³/mol. The molecule has 0 bridgehead atoms. The Balaban J connectivity index is 1.75. The summed E-state index contributed by atoms with van der Waals surface area (Å²) >= 11 is 0. The van der Waals surface area contributed by atoms with Crippen LogP contribution in [0.5, 0.6) is 0 Å². The highest BCUT2D eigenvalue weighted by atomic mass is 15.3. The summed E-state index contributed by atoms with van der Waals surface area (Å²) in [6.45, 7) is 3.34. The number of hydrogen-bond donors (Lipinski definition) is 0. The monoisotopic (exact) mass is 232 g/mol. The van der Waals surface area contributed by atoms with Crippen LogP contribution in [0.3, 0.4) is 0 Å². The molecule has 1 fully saturated rings. The number of nitrogens with zero attached hydrogens (tertiary/aromatic N) is 4. The highest BCUT2D eigenvalue weighted by Gasteiger charge is 2.24. The highest BCUT2D eigenvalue weighted by Crippen LogP contribution is 2.19. The van der Waals surface area contributed by atoms with E-state index in [1.54, 1.807) is 0 Å². The molecule has 0 saturated carbocycles. The Morgan fingerprint density at radius 2 is 2.35 bits per heavy atom. The zero-order chi connectivity index (χ0) is 11.9. The molecule has 0 spiro atoms. The summed E-state index contributed by atoms with van der Waals surface area (Å²) in [5.41, 5.74) is 0. The second-order valence-corrected chi connectivity index (χ2v) is 4.68. The van der Waals surface area contributed by atoms with Crippen LogP contribution < -0.4 is 0 Å². The van der Waals surface area contributed by atoms with Crippen LogP contribution in [0, 0.1) is 11.3 Å². The second-order valence-electron chi connectivity index (χ2n) is 4.68. The van der Waals surface area contributed by atoms with Crippen molar-refractivity contribution in [3.63, 3.8) is 0 Å². The van der Waals surface area contributed by atoms with Crippen molar-refractivity contribution >= 4 is 0 Å². The molecule has 0 unspecified atom stereocenters. The number of aromatic nitrogens is 2. The van der Waals surface area contributed by atoms with E-state index in [-0.39, 0.29) is 0 Å². The van der Waals surface area contributed by atoms with Gasteiger partial charge in [-0.25, -0.2) is 0 Å². The zero-order valence-corrected chi connectivity index (χ0v) is 10.3. The van der Waals surface area contributed by atoms with Crippen molar-refractivity contribution in [3.8, 4) is 6.07 Å². The summed E-state index contributed by atoms with van der Waals surface area (Å²) in [6.07, 6.45) is 9.31. The third-order valence-electron chi connectivity index (χ3n) is 3.44. The van der Waals surface area contributed by atoms with E-state index in [1.165, 1.54) is 19.4 Å². The topological polar surface area (TPSA) is 44.9 Å². The molecule has 17 heavy (non-hydrogen) atoms. The molecule has 1 atom stereocenters. The Bertz CT molecular complexity index is 352. The second kappa shape index (κ2) is 6.41. The number of unbranched alkanes of at least 4 members (excludes halogenated alkanes) is 2. The first-order chi connectivity index (χ1) is 8.40. The first kappa shape index (κ1) is 12.1. The smallest absolute Gasteiger partial charge is 0.0621 e. The van der Waals surface area contributed by atoms with Crippen LogP contribution >= 0.6 is 0 Å². The maximum atomic E-state index is 8.51. The molecule has 0 aliphatic carbocycles. The van der Waals surface area contributed by atoms with Crippen LogP contribution in [0.25, 0.3) is 0 Å². The fraction of sp³-hybridized carbons (Fsp3) is 0.692. The van der Waals surface area contributed by atoms with Crippen molar-refractivity contribution in [2.45, 2.75) is 44.7 Å². The quantitative estimate of drug-likeness (QED) is 0.705. The molecule has 4 heteroatoms. The van der Waals surface area contributed by atoms with Gasteiger partial charge in [0, 0.05) is 24.9 Å². The van der Waals surface area contributed by atoms with Gasteiger partial charge in [0.25, 0.3) is 0 Å². The number of likely N-dealkylation sites (tertiary alicyclic amines) is 1. The molecule has 2 rings (SSSR count). The van der Waals surface area contributed by atoms with Crippen molar-refractivity contribution in [1.82, 2.24) is 14.7 Å². The Hall–Kier alpha value is -1.34. The summed E-state index contributed by atoms with van der Waals surface area (Å²) in [4.78, 5) is 2.55. The minimum atomic E-state index is 0.636. The first-order valence-electron chi connectivity index (χ1n) is 6.48. The maximum absolute atomic E-state index is 8.51. The van der Waals surface area contributed by atoms with Gasteiger partial charge < -0.3 is 0 Å². The summed E-state index contributed by atoms with van der Waals surface area (Å²) < 4.78 is 2.03. The van der Waals surface area contributed by atoms with E-state index >= 15 is 0 Å². The summed E-state index contributed by atoms with van der Waals surface area (Å²) in [5, 5.41) is 12.8. The largest absolute Gasteiger partial charge is 0.299 e. The summed E-state index contributed by atoms with van der Waals surface area (Å²) in [6, 6.07) is 4.82. The summed E-state index contributed by atoms with van der Waals surface area (Å²) in [5.74, 6) is 0. The van der Waals surface area contributed by atoms with Crippen LogP contribution in [-0.4, -0.2) is 33.8 Å². The Morgan fingerprint density at radius 1 is 1.41 bits per heavy atom. The molecule has 4 nitrogen and oxygen atoms in total. The lowest BCUT2D eigenvalue weighted by molar-refractivity contribution is 0.223. The maximum Gasteiger partial charge on any atom is 0.0621 e. The average Bonchev–Trinajstić information content (AvgIpc) is 2.97. The van der Waals surface area contributed by atoms with Crippen LogP contribution in [-0.2, 0) is 6.54 Å². The minimum absolute atomic E-state index is 0.636. The molecule has 2 heterocycles. The molecular weight excluding hydrogens is 212 g/mol. The van der Waals surface area contributed by atoms with Gasteiger partial charge in [0.2, 0.25) is 0 Å². The molecule has 1 saturated heterocycles. The van der Waals surface area contributed by atoms with Crippen molar-refractivity contribution in [3.05, 3.63) is 18.5 Å². The van der Waals surface area contributed by atoms with E-state index < -0.39 is 0 Å². The van der Waals surface area contributed by atoms with Crippen molar-refractivity contribution in [2.75, 3.05) is 13.1 Å². The Morgan fingerprint density at radius 3 is 3.12 bits per heavy atom. The molecule has 0 N–H and O–H groups in total. The van der Waals surface area contributed by atoms with Gasteiger partial charge in [0.05, 0.1) is 12.6 Å². The van der Waals surface area contributed by atoms with Crippen LogP contribution in [0.4, 0.5) is 0 Å². The van der Waals surface area contributed by atoms with E-state index in [4.69, 9.17) is 5.26 Å². The van der Waals surface area contributed by atoms with E-state index in [2.05, 4.69) is 16.1 Å². The average molecular weight is 232 g/mol. The number of hydrogen-bond acceptors (Lipinski definition) is 3. The van der Waals surface area contributed by atoms with Crippen LogP contribution in [0.1, 0.15) is 32.1 Å². The molecule has 1 aromatic rings. The molecule has 92 valence electrons. The van der Waals surface area contributed by atoms with Crippen LogP contribution in [0.2, 0.25) is 0 Å². The van der Waals surface area contributed by atoms with Gasteiger partial charge in [-0.15, -0.1) is 0 Å². The lowest BCUT2D eigenvalue weighted by atomic mass is 10.2. The first-order valence-corrected chi connectivity index (χ1v) is 6.48. The summed E-state index contributed by atoms with van der Waals surface area (Å²) in [7, 11) is 0. The molecular formula is C13H20N4. The Labute approximate surface area is 103 Å². The number of nitriles is 1. The third-order valence-corrected chi connectivity index (χ3v) is 3.44. The van der Waals surface area contributed by atoms with Crippen LogP contribution in [0.15, 0.2) is 18.5 Å². The van der Waals surface area contributed by atoms with Gasteiger partial charge in [0.1, 0.15) is 0 Å². The minimum Gasteiger partial charge on any atom is -0.299 e. The van der Waals surface area contributed by atoms with E-state index in [1.807, 2.05) is 23.1 Å². The number of rotatable bonds is 6. The zero-order valence-electron chi connectivity index (χ0n) is 10.3. The standard InChI is InChI=1S/C13H20N4/c14-7-2-1-3-9-16-10-4-6-13(16)12-17-11-5-8-15-17/h5,8,11,13H,1-4,6,9-10,12H2/t13-/m0/s1. The van der Waals surface area contributed by atoms with E-state index in [0.717, 1.165) is 25.9 Å². The lowest BCUT2D eigenvalue weighted by Gasteiger charge is -2.24. The highest BCUT2D eigenvalue weighted by molar-refractivity contribution is 4.83. The van der Waals surface area contributed by atoms with Gasteiger partial charge in [-0.2, -0.15) is 10.4 Å². The molecule has 0 aromatic carbocycles. The van der Waals surface area contributed by atoms with Gasteiger partial charge in [-0.05, 0) is 44.8 Å². The van der Waals surface area contributed by atoms with Crippen molar-refractivity contribution in [1.29, 1.82) is 5.26 Å². The van der Waals surface area contributed by atoms with Crippen molar-refractivity contribution in [2.24, 2.45) is 0 Å². The Kier molecular flexibility index (Phi) is 4.57. The van der Waals surface area contributed by atoms with Gasteiger partial charge in [-0.1, -0.05) is 0 Å². The fourth-order valence-electron chi connectivity index (χ4n) is 2.54. The van der Waals surface area contributed by atoms with Crippen molar-refractivity contribution < 1.29 is 0 Å². The van der Waals surface area contributed by atoms with E-state index in [0.29, 0.717) is 12.5 Å². The van der Waals surface area contributed by atoms with Gasteiger partial charge >= 0.3 is 0 Å². The lowest BCUT2D eigenvalue weighted by Crippen LogP contribution is -2.33. The van der Waals surface area contributed by atoms with Gasteiger partial charge in [-0.3, -0.25) is 9.58 Å². The van der Waals surface area contributed by atoms with E-state index in [9.17, 15) is 0 Å².